The fourth-order valence-corrected chi connectivity index (χ4v) is 3.91. The number of carbonyl (C=O) groups is 1. The first-order valence-electron chi connectivity index (χ1n) is 8.76. The van der Waals surface area contributed by atoms with Crippen molar-refractivity contribution < 1.29 is 9.90 Å². The molecule has 4 rings (SSSR count). The number of aromatic nitrogens is 3. The van der Waals surface area contributed by atoms with E-state index in [1.165, 1.54) is 0 Å². The van der Waals surface area contributed by atoms with Gasteiger partial charge in [-0.2, -0.15) is 5.10 Å². The first-order chi connectivity index (χ1) is 12.1. The number of β-amino-alcohol motifs (C(OH)–C–C–N with tert-alkyl or cyclic N) is 1. The highest BCUT2D eigenvalue weighted by Gasteiger charge is 2.39. The highest BCUT2D eigenvalue weighted by molar-refractivity contribution is 5.94. The molecule has 1 unspecified atom stereocenters. The third kappa shape index (κ3) is 3.00. The van der Waals surface area contributed by atoms with Gasteiger partial charge in [-0.25, -0.2) is 4.98 Å². The third-order valence-corrected chi connectivity index (χ3v) is 5.19. The van der Waals surface area contributed by atoms with Gasteiger partial charge in [0, 0.05) is 37.6 Å². The quantitative estimate of drug-likeness (QED) is 0.867. The highest BCUT2D eigenvalue weighted by atomic mass is 16.3. The minimum absolute atomic E-state index is 0.121. The number of fused-ring (bicyclic) bond motifs is 1. The van der Waals surface area contributed by atoms with E-state index in [1.54, 1.807) is 18.1 Å². The van der Waals surface area contributed by atoms with Crippen LogP contribution in [-0.2, 0) is 12.8 Å². The van der Waals surface area contributed by atoms with Crippen LogP contribution in [0.4, 0.5) is 5.82 Å². The summed E-state index contributed by atoms with van der Waals surface area (Å²) in [6, 6.07) is 5.75. The maximum Gasteiger partial charge on any atom is 0.274 e. The first-order valence-corrected chi connectivity index (χ1v) is 8.76. The summed E-state index contributed by atoms with van der Waals surface area (Å²) in [5.41, 5.74) is 1.71. The Morgan fingerprint density at radius 3 is 3.12 bits per heavy atom. The Balaban J connectivity index is 1.43. The van der Waals surface area contributed by atoms with Crippen molar-refractivity contribution in [3.05, 3.63) is 41.3 Å². The van der Waals surface area contributed by atoms with Crippen molar-refractivity contribution in [1.29, 1.82) is 0 Å². The van der Waals surface area contributed by atoms with Crippen LogP contribution in [0.15, 0.2) is 24.4 Å². The molecule has 3 heterocycles. The van der Waals surface area contributed by atoms with Crippen LogP contribution in [0, 0.1) is 0 Å². The lowest BCUT2D eigenvalue weighted by atomic mass is 10.0. The van der Waals surface area contributed by atoms with Gasteiger partial charge in [-0.05, 0) is 37.8 Å². The van der Waals surface area contributed by atoms with Crippen LogP contribution in [0.2, 0.25) is 0 Å². The Morgan fingerprint density at radius 2 is 2.32 bits per heavy atom. The van der Waals surface area contributed by atoms with Crippen LogP contribution in [-0.4, -0.2) is 63.4 Å². The largest absolute Gasteiger partial charge is 0.386 e. The normalized spacial score (nSPS) is 22.2. The third-order valence-electron chi connectivity index (χ3n) is 5.19. The molecular formula is C18H23N5O2. The number of anilines is 1. The Kier molecular flexibility index (Phi) is 3.95. The van der Waals surface area contributed by atoms with Gasteiger partial charge in [0.05, 0.1) is 6.54 Å². The summed E-state index contributed by atoms with van der Waals surface area (Å²) < 4.78 is 0. The van der Waals surface area contributed by atoms with Gasteiger partial charge in [0.15, 0.2) is 5.69 Å². The summed E-state index contributed by atoms with van der Waals surface area (Å²) in [7, 11) is 1.74. The van der Waals surface area contributed by atoms with Crippen molar-refractivity contribution in [3.8, 4) is 0 Å². The van der Waals surface area contributed by atoms with E-state index < -0.39 is 5.60 Å². The Morgan fingerprint density at radius 1 is 1.44 bits per heavy atom. The fourth-order valence-electron chi connectivity index (χ4n) is 3.91. The molecule has 2 aromatic rings. The maximum atomic E-state index is 12.8. The number of nitrogens with one attached hydrogen (secondary N) is 1. The number of amides is 1. The van der Waals surface area contributed by atoms with E-state index >= 15 is 0 Å². The number of hydrogen-bond donors (Lipinski definition) is 2. The zero-order valence-corrected chi connectivity index (χ0v) is 14.4. The van der Waals surface area contributed by atoms with Gasteiger partial charge in [-0.3, -0.25) is 9.89 Å². The van der Waals surface area contributed by atoms with Crippen LogP contribution in [0.3, 0.4) is 0 Å². The van der Waals surface area contributed by atoms with Crippen molar-refractivity contribution in [2.75, 3.05) is 31.6 Å². The van der Waals surface area contributed by atoms with E-state index in [-0.39, 0.29) is 12.5 Å². The maximum absolute atomic E-state index is 12.8. The van der Waals surface area contributed by atoms with E-state index in [4.69, 9.17) is 0 Å². The van der Waals surface area contributed by atoms with E-state index in [1.807, 2.05) is 18.2 Å². The van der Waals surface area contributed by atoms with Crippen molar-refractivity contribution in [2.45, 2.75) is 31.3 Å². The SMILES string of the molecule is CN(CC1(O)CCN(c2ccccn2)C1)C(=O)c1n[nH]c2c1CCC2. The molecule has 7 heteroatoms. The molecule has 0 radical (unpaired) electrons. The second kappa shape index (κ2) is 6.15. The molecule has 1 atom stereocenters. The molecule has 0 saturated carbocycles. The molecule has 2 aliphatic rings. The molecule has 0 spiro atoms. The van der Waals surface area contributed by atoms with Gasteiger partial charge < -0.3 is 14.9 Å². The number of pyridine rings is 1. The second-order valence-corrected chi connectivity index (χ2v) is 7.13. The number of rotatable bonds is 4. The van der Waals surface area contributed by atoms with E-state index in [0.717, 1.165) is 42.9 Å². The molecule has 25 heavy (non-hydrogen) atoms. The molecule has 0 aromatic carbocycles. The second-order valence-electron chi connectivity index (χ2n) is 7.13. The summed E-state index contributed by atoms with van der Waals surface area (Å²) in [5.74, 6) is 0.738. The zero-order valence-electron chi connectivity index (χ0n) is 14.4. The molecule has 2 N–H and O–H groups in total. The minimum atomic E-state index is -0.929. The topological polar surface area (TPSA) is 85.3 Å². The smallest absolute Gasteiger partial charge is 0.274 e. The minimum Gasteiger partial charge on any atom is -0.386 e. The number of aromatic amines is 1. The van der Waals surface area contributed by atoms with E-state index in [9.17, 15) is 9.90 Å². The molecule has 7 nitrogen and oxygen atoms in total. The van der Waals surface area contributed by atoms with E-state index in [0.29, 0.717) is 18.7 Å². The van der Waals surface area contributed by atoms with Gasteiger partial charge in [0.2, 0.25) is 0 Å². The number of hydrogen-bond acceptors (Lipinski definition) is 5. The molecular weight excluding hydrogens is 318 g/mol. The molecule has 2 aromatic heterocycles. The van der Waals surface area contributed by atoms with Gasteiger partial charge in [-0.1, -0.05) is 6.07 Å². The predicted octanol–water partition coefficient (Wildman–Crippen LogP) is 1.01. The Labute approximate surface area is 146 Å². The Hall–Kier alpha value is -2.41. The average Bonchev–Trinajstić information content (AvgIpc) is 3.30. The zero-order chi connectivity index (χ0) is 17.4. The monoisotopic (exact) mass is 341 g/mol. The number of likely N-dealkylation sites (N-methyl/N-ethyl adjacent to an activating group) is 1. The Bertz CT molecular complexity index is 775. The highest BCUT2D eigenvalue weighted by Crippen LogP contribution is 2.27. The molecule has 1 aliphatic heterocycles. The number of H-pyrrole nitrogens is 1. The van der Waals surface area contributed by atoms with Gasteiger partial charge in [-0.15, -0.1) is 0 Å². The van der Waals surface area contributed by atoms with Crippen LogP contribution in [0.5, 0.6) is 0 Å². The fraction of sp³-hybridized carbons (Fsp3) is 0.500. The lowest BCUT2D eigenvalue weighted by molar-refractivity contribution is 0.0261. The van der Waals surface area contributed by atoms with E-state index in [2.05, 4.69) is 20.1 Å². The van der Waals surface area contributed by atoms with Gasteiger partial charge >= 0.3 is 0 Å². The summed E-state index contributed by atoms with van der Waals surface area (Å²) >= 11 is 0. The van der Waals surface area contributed by atoms with Crippen LogP contribution in [0.1, 0.15) is 34.6 Å². The van der Waals surface area contributed by atoms with Crippen molar-refractivity contribution in [3.63, 3.8) is 0 Å². The molecule has 1 saturated heterocycles. The van der Waals surface area contributed by atoms with Gasteiger partial charge in [0.1, 0.15) is 11.4 Å². The van der Waals surface area contributed by atoms with Crippen molar-refractivity contribution >= 4 is 11.7 Å². The number of aryl methyl sites for hydroxylation is 1. The number of carbonyl (C=O) groups excluding carboxylic acids is 1. The first kappa shape index (κ1) is 16.1. The standard InChI is InChI=1S/C18H23N5O2/c1-22(17(24)16-13-5-4-6-14(13)20-21-16)11-18(25)8-10-23(12-18)15-7-2-3-9-19-15/h2-3,7,9,25H,4-6,8,10-12H2,1H3,(H,20,21). The molecule has 1 aliphatic carbocycles. The predicted molar refractivity (Wildman–Crippen MR) is 93.6 cm³/mol. The number of aliphatic hydroxyl groups is 1. The molecule has 132 valence electrons. The number of nitrogens with zero attached hydrogens (tertiary/aromatic N) is 4. The van der Waals surface area contributed by atoms with Crippen molar-refractivity contribution in [1.82, 2.24) is 20.1 Å². The summed E-state index contributed by atoms with van der Waals surface area (Å²) in [6.07, 6.45) is 5.29. The van der Waals surface area contributed by atoms with Crippen molar-refractivity contribution in [2.24, 2.45) is 0 Å². The molecule has 0 bridgehead atoms. The average molecular weight is 341 g/mol. The lowest BCUT2D eigenvalue weighted by Gasteiger charge is -2.29. The summed E-state index contributed by atoms with van der Waals surface area (Å²) in [5, 5.41) is 18.1. The van der Waals surface area contributed by atoms with Crippen LogP contribution >= 0.6 is 0 Å². The van der Waals surface area contributed by atoms with Gasteiger partial charge in [0.25, 0.3) is 5.91 Å². The summed E-state index contributed by atoms with van der Waals surface area (Å²) in [4.78, 5) is 20.7. The molecule has 1 fully saturated rings. The van der Waals surface area contributed by atoms with Crippen LogP contribution in [0.25, 0.3) is 0 Å². The van der Waals surface area contributed by atoms with Crippen LogP contribution < -0.4 is 4.90 Å². The lowest BCUT2D eigenvalue weighted by Crippen LogP contribution is -2.46. The molecule has 1 amide bonds. The summed E-state index contributed by atoms with van der Waals surface area (Å²) in [6.45, 7) is 1.49.